The van der Waals surface area contributed by atoms with Crippen LogP contribution in [0.25, 0.3) is 0 Å². The molecule has 0 radical (unpaired) electrons. The summed E-state index contributed by atoms with van der Waals surface area (Å²) < 4.78 is 0.186. The molecule has 0 atom stereocenters. The average molecular weight is 219 g/mol. The first-order valence-corrected chi connectivity index (χ1v) is 3.43. The normalized spacial score (nSPS) is 9.55. The van der Waals surface area contributed by atoms with Gasteiger partial charge in [-0.1, -0.05) is 0 Å². The van der Waals surface area contributed by atoms with E-state index in [9.17, 15) is 14.9 Å². The van der Waals surface area contributed by atoms with E-state index >= 15 is 0 Å². The van der Waals surface area contributed by atoms with Crippen molar-refractivity contribution in [1.82, 2.24) is 4.98 Å². The van der Waals surface area contributed by atoms with Crippen molar-refractivity contribution < 1.29 is 4.92 Å². The number of H-pyrrole nitrogens is 1. The van der Waals surface area contributed by atoms with Crippen LogP contribution in [0.15, 0.2) is 21.5 Å². The van der Waals surface area contributed by atoms with Crippen molar-refractivity contribution in [3.8, 4) is 0 Å². The third kappa shape index (κ3) is 1.64. The molecule has 0 saturated heterocycles. The zero-order valence-corrected chi connectivity index (χ0v) is 6.79. The van der Waals surface area contributed by atoms with Crippen LogP contribution in [0.5, 0.6) is 0 Å². The minimum atomic E-state index is -0.583. The van der Waals surface area contributed by atoms with Crippen LogP contribution in [-0.2, 0) is 0 Å². The van der Waals surface area contributed by atoms with Gasteiger partial charge in [0.1, 0.15) is 4.47 Å². The van der Waals surface area contributed by atoms with Crippen molar-refractivity contribution in [2.24, 2.45) is 0 Å². The van der Waals surface area contributed by atoms with E-state index in [4.69, 9.17) is 0 Å². The van der Waals surface area contributed by atoms with Crippen LogP contribution in [-0.4, -0.2) is 9.91 Å². The van der Waals surface area contributed by atoms with Gasteiger partial charge < -0.3 is 4.98 Å². The Bertz CT molecular complexity index is 346. The number of rotatable bonds is 1. The molecule has 1 aromatic rings. The number of nitro groups is 1. The molecule has 0 aliphatic heterocycles. The molecule has 11 heavy (non-hydrogen) atoms. The summed E-state index contributed by atoms with van der Waals surface area (Å²) in [5.74, 6) is 0. The summed E-state index contributed by atoms with van der Waals surface area (Å²) in [5, 5.41) is 10.2. The Morgan fingerprint density at radius 3 is 2.73 bits per heavy atom. The Kier molecular flexibility index (Phi) is 2.04. The van der Waals surface area contributed by atoms with Crippen molar-refractivity contribution in [3.63, 3.8) is 0 Å². The van der Waals surface area contributed by atoms with Crippen molar-refractivity contribution >= 4 is 21.6 Å². The molecule has 58 valence electrons. The first-order valence-electron chi connectivity index (χ1n) is 2.64. The van der Waals surface area contributed by atoms with Gasteiger partial charge in [-0.25, -0.2) is 0 Å². The minimum Gasteiger partial charge on any atom is -0.323 e. The highest BCUT2D eigenvalue weighted by Gasteiger charge is 2.10. The van der Waals surface area contributed by atoms with E-state index in [1.807, 2.05) is 0 Å². The summed E-state index contributed by atoms with van der Waals surface area (Å²) in [5.41, 5.74) is -0.521. The number of hydrogen-bond acceptors (Lipinski definition) is 3. The lowest BCUT2D eigenvalue weighted by atomic mass is 10.4. The van der Waals surface area contributed by atoms with Crippen LogP contribution < -0.4 is 5.56 Å². The Balaban J connectivity index is 3.31. The highest BCUT2D eigenvalue weighted by atomic mass is 79.9. The standard InChI is InChI=1S/C5H3BrN2O3/c6-3-1-5(9)7-2-4(3)8(10)11/h1-2H,(H,7,9). The zero-order valence-electron chi connectivity index (χ0n) is 5.20. The van der Waals surface area contributed by atoms with E-state index in [0.29, 0.717) is 0 Å². The van der Waals surface area contributed by atoms with Gasteiger partial charge in [0.2, 0.25) is 5.56 Å². The van der Waals surface area contributed by atoms with Gasteiger partial charge in [-0.3, -0.25) is 14.9 Å². The topological polar surface area (TPSA) is 76.0 Å². The van der Waals surface area contributed by atoms with Gasteiger partial charge >= 0.3 is 0 Å². The van der Waals surface area contributed by atoms with E-state index in [2.05, 4.69) is 20.9 Å². The predicted octanol–water partition coefficient (Wildman–Crippen LogP) is 1.05. The van der Waals surface area contributed by atoms with Crippen molar-refractivity contribution in [2.45, 2.75) is 0 Å². The van der Waals surface area contributed by atoms with E-state index < -0.39 is 4.92 Å². The van der Waals surface area contributed by atoms with E-state index in [1.54, 1.807) is 0 Å². The van der Waals surface area contributed by atoms with E-state index in [-0.39, 0.29) is 15.7 Å². The number of pyridine rings is 1. The maximum atomic E-state index is 10.6. The smallest absolute Gasteiger partial charge is 0.299 e. The number of aromatic amines is 1. The van der Waals surface area contributed by atoms with E-state index in [1.165, 1.54) is 0 Å². The molecule has 1 rings (SSSR count). The summed E-state index contributed by atoms with van der Waals surface area (Å²) in [7, 11) is 0. The second-order valence-electron chi connectivity index (χ2n) is 1.79. The second-order valence-corrected chi connectivity index (χ2v) is 2.64. The zero-order chi connectivity index (χ0) is 8.43. The van der Waals surface area contributed by atoms with Crippen molar-refractivity contribution in [3.05, 3.63) is 37.2 Å². The molecule has 0 fully saturated rings. The minimum absolute atomic E-state index is 0.149. The molecule has 0 saturated carbocycles. The summed E-state index contributed by atoms with van der Waals surface area (Å²) in [6, 6.07) is 1.11. The number of nitrogens with one attached hydrogen (secondary N) is 1. The van der Waals surface area contributed by atoms with Crippen LogP contribution in [0.2, 0.25) is 0 Å². The highest BCUT2D eigenvalue weighted by Crippen LogP contribution is 2.20. The van der Waals surface area contributed by atoms with E-state index in [0.717, 1.165) is 12.3 Å². The first kappa shape index (κ1) is 7.93. The second kappa shape index (κ2) is 2.83. The molecule has 0 aliphatic carbocycles. The predicted molar refractivity (Wildman–Crippen MR) is 41.4 cm³/mol. The summed E-state index contributed by atoms with van der Waals surface area (Å²) >= 11 is 2.89. The fourth-order valence-electron chi connectivity index (χ4n) is 0.579. The summed E-state index contributed by atoms with van der Waals surface area (Å²) in [4.78, 5) is 22.4. The molecule has 0 spiro atoms. The number of halogens is 1. The average Bonchev–Trinajstić information content (AvgIpc) is 1.85. The molecule has 0 amide bonds. The lowest BCUT2D eigenvalue weighted by molar-refractivity contribution is -0.386. The number of nitrogens with zero attached hydrogens (tertiary/aromatic N) is 1. The molecular formula is C5H3BrN2O3. The van der Waals surface area contributed by atoms with Crippen LogP contribution in [0.3, 0.4) is 0 Å². The third-order valence-electron chi connectivity index (χ3n) is 1.05. The number of aromatic nitrogens is 1. The monoisotopic (exact) mass is 218 g/mol. The molecule has 1 heterocycles. The molecule has 0 bridgehead atoms. The number of hydrogen-bond donors (Lipinski definition) is 1. The third-order valence-corrected chi connectivity index (χ3v) is 1.69. The Hall–Kier alpha value is -1.17. The Morgan fingerprint density at radius 1 is 1.64 bits per heavy atom. The first-order chi connectivity index (χ1) is 5.11. The quantitative estimate of drug-likeness (QED) is 0.566. The molecule has 5 nitrogen and oxygen atoms in total. The lowest BCUT2D eigenvalue weighted by Crippen LogP contribution is -2.04. The SMILES string of the molecule is O=c1cc(Br)c([N+](=O)[O-])c[nH]1. The largest absolute Gasteiger partial charge is 0.323 e. The Morgan fingerprint density at radius 2 is 2.27 bits per heavy atom. The molecular weight excluding hydrogens is 216 g/mol. The fraction of sp³-hybridized carbons (Fsp3) is 0. The maximum absolute atomic E-state index is 10.6. The molecule has 0 aliphatic rings. The van der Waals surface area contributed by atoms with Gasteiger partial charge in [0.05, 0.1) is 11.1 Å². The van der Waals surface area contributed by atoms with Crippen molar-refractivity contribution in [2.75, 3.05) is 0 Å². The van der Waals surface area contributed by atoms with Gasteiger partial charge in [-0.15, -0.1) is 0 Å². The van der Waals surface area contributed by atoms with Crippen LogP contribution >= 0.6 is 15.9 Å². The highest BCUT2D eigenvalue weighted by molar-refractivity contribution is 9.10. The van der Waals surface area contributed by atoms with Crippen LogP contribution in [0.1, 0.15) is 0 Å². The fourth-order valence-corrected chi connectivity index (χ4v) is 1.05. The molecule has 0 aromatic carbocycles. The molecule has 1 N–H and O–H groups in total. The van der Waals surface area contributed by atoms with Gasteiger partial charge in [0, 0.05) is 6.07 Å². The molecule has 0 unspecified atom stereocenters. The van der Waals surface area contributed by atoms with Gasteiger partial charge in [0.15, 0.2) is 0 Å². The maximum Gasteiger partial charge on any atom is 0.299 e. The van der Waals surface area contributed by atoms with Gasteiger partial charge in [-0.05, 0) is 15.9 Å². The van der Waals surface area contributed by atoms with Crippen molar-refractivity contribution in [1.29, 1.82) is 0 Å². The summed E-state index contributed by atoms with van der Waals surface area (Å²) in [6.45, 7) is 0. The van der Waals surface area contributed by atoms with Crippen LogP contribution in [0.4, 0.5) is 5.69 Å². The van der Waals surface area contributed by atoms with Gasteiger partial charge in [-0.2, -0.15) is 0 Å². The molecule has 1 aromatic heterocycles. The lowest BCUT2D eigenvalue weighted by Gasteiger charge is -1.91. The van der Waals surface area contributed by atoms with Gasteiger partial charge in [0.25, 0.3) is 5.69 Å². The Labute approximate surface area is 69.3 Å². The van der Waals surface area contributed by atoms with Crippen LogP contribution in [0, 0.1) is 10.1 Å². The molecule has 6 heteroatoms. The summed E-state index contributed by atoms with van der Waals surface area (Å²) in [6.07, 6.45) is 1.05.